The van der Waals surface area contributed by atoms with E-state index in [9.17, 15) is 0 Å². The third-order valence-corrected chi connectivity index (χ3v) is 3.27. The molecule has 1 aromatic rings. The summed E-state index contributed by atoms with van der Waals surface area (Å²) in [5.41, 5.74) is 1.33. The zero-order chi connectivity index (χ0) is 14.1. The van der Waals surface area contributed by atoms with Gasteiger partial charge in [-0.3, -0.25) is 0 Å². The van der Waals surface area contributed by atoms with Crippen LogP contribution in [0.15, 0.2) is 24.3 Å². The predicted octanol–water partition coefficient (Wildman–Crippen LogP) is 4.18. The standard InChI is InChI=1S/C17H29NO/c1-5-13-18-16(6-2)12-11-15-9-7-8-10-17(15)19-14(3)4/h7-10,14,16,18H,5-6,11-13H2,1-4H3. The smallest absolute Gasteiger partial charge is 0.122 e. The lowest BCUT2D eigenvalue weighted by atomic mass is 10.0. The summed E-state index contributed by atoms with van der Waals surface area (Å²) in [4.78, 5) is 0. The molecule has 0 radical (unpaired) electrons. The second-order valence-corrected chi connectivity index (χ2v) is 5.37. The highest BCUT2D eigenvalue weighted by atomic mass is 16.5. The third-order valence-electron chi connectivity index (χ3n) is 3.27. The molecule has 0 amide bonds. The molecule has 0 saturated carbocycles. The van der Waals surface area contributed by atoms with Gasteiger partial charge < -0.3 is 10.1 Å². The van der Waals surface area contributed by atoms with Crippen LogP contribution in [0.5, 0.6) is 5.75 Å². The largest absolute Gasteiger partial charge is 0.491 e. The van der Waals surface area contributed by atoms with Crippen LogP contribution in [0.25, 0.3) is 0 Å². The highest BCUT2D eigenvalue weighted by Crippen LogP contribution is 2.21. The molecule has 1 N–H and O–H groups in total. The minimum Gasteiger partial charge on any atom is -0.491 e. The molecule has 0 saturated heterocycles. The van der Waals surface area contributed by atoms with E-state index in [1.165, 1.54) is 24.8 Å². The van der Waals surface area contributed by atoms with Gasteiger partial charge in [0.1, 0.15) is 5.75 Å². The van der Waals surface area contributed by atoms with Gasteiger partial charge >= 0.3 is 0 Å². The van der Waals surface area contributed by atoms with Gasteiger partial charge in [0.25, 0.3) is 0 Å². The maximum Gasteiger partial charge on any atom is 0.122 e. The van der Waals surface area contributed by atoms with Gasteiger partial charge in [0.15, 0.2) is 0 Å². The molecule has 0 heterocycles. The average molecular weight is 263 g/mol. The van der Waals surface area contributed by atoms with Gasteiger partial charge in [-0.15, -0.1) is 0 Å². The number of hydrogen-bond donors (Lipinski definition) is 1. The Morgan fingerprint density at radius 2 is 1.89 bits per heavy atom. The molecule has 2 heteroatoms. The lowest BCUT2D eigenvalue weighted by Gasteiger charge is -2.18. The number of ether oxygens (including phenoxy) is 1. The number of nitrogens with one attached hydrogen (secondary N) is 1. The molecule has 19 heavy (non-hydrogen) atoms. The van der Waals surface area contributed by atoms with Crippen molar-refractivity contribution < 1.29 is 4.74 Å². The van der Waals surface area contributed by atoms with E-state index >= 15 is 0 Å². The molecule has 0 spiro atoms. The first-order valence-corrected chi connectivity index (χ1v) is 7.65. The van der Waals surface area contributed by atoms with Crippen molar-refractivity contribution in [2.45, 2.75) is 65.5 Å². The summed E-state index contributed by atoms with van der Waals surface area (Å²) in [7, 11) is 0. The molecule has 0 aromatic heterocycles. The van der Waals surface area contributed by atoms with Crippen molar-refractivity contribution in [1.29, 1.82) is 0 Å². The van der Waals surface area contributed by atoms with E-state index in [4.69, 9.17) is 4.74 Å². The first-order valence-electron chi connectivity index (χ1n) is 7.65. The number of rotatable bonds is 9. The molecule has 0 fully saturated rings. The second kappa shape index (κ2) is 8.98. The summed E-state index contributed by atoms with van der Waals surface area (Å²) in [6.07, 6.45) is 4.88. The van der Waals surface area contributed by atoms with Crippen molar-refractivity contribution >= 4 is 0 Å². The van der Waals surface area contributed by atoms with E-state index in [2.05, 4.69) is 51.2 Å². The summed E-state index contributed by atoms with van der Waals surface area (Å²) in [6.45, 7) is 9.74. The fraction of sp³-hybridized carbons (Fsp3) is 0.647. The molecule has 1 aromatic carbocycles. The van der Waals surface area contributed by atoms with Crippen LogP contribution in [0.4, 0.5) is 0 Å². The molecule has 2 nitrogen and oxygen atoms in total. The van der Waals surface area contributed by atoms with Crippen molar-refractivity contribution in [2.24, 2.45) is 0 Å². The molecule has 108 valence electrons. The van der Waals surface area contributed by atoms with Gasteiger partial charge in [0, 0.05) is 6.04 Å². The Morgan fingerprint density at radius 3 is 2.53 bits per heavy atom. The lowest BCUT2D eigenvalue weighted by Crippen LogP contribution is -2.29. The Hall–Kier alpha value is -1.02. The molecule has 0 aliphatic rings. The summed E-state index contributed by atoms with van der Waals surface area (Å²) < 4.78 is 5.87. The van der Waals surface area contributed by atoms with Gasteiger partial charge in [-0.2, -0.15) is 0 Å². The Kier molecular flexibility index (Phi) is 7.57. The van der Waals surface area contributed by atoms with Crippen molar-refractivity contribution in [3.05, 3.63) is 29.8 Å². The molecule has 0 aliphatic heterocycles. The fourth-order valence-electron chi connectivity index (χ4n) is 2.21. The topological polar surface area (TPSA) is 21.3 Å². The molecule has 1 unspecified atom stereocenters. The van der Waals surface area contributed by atoms with E-state index in [1.807, 2.05) is 6.07 Å². The Bertz CT molecular complexity index is 349. The van der Waals surface area contributed by atoms with Crippen molar-refractivity contribution in [3.63, 3.8) is 0 Å². The maximum atomic E-state index is 5.87. The number of hydrogen-bond acceptors (Lipinski definition) is 2. The van der Waals surface area contributed by atoms with Crippen LogP contribution >= 0.6 is 0 Å². The zero-order valence-electron chi connectivity index (χ0n) is 12.9. The van der Waals surface area contributed by atoms with Gasteiger partial charge in [0.05, 0.1) is 6.10 Å². The number of aryl methyl sites for hydroxylation is 1. The number of para-hydroxylation sites is 1. The van der Waals surface area contributed by atoms with Gasteiger partial charge in [0.2, 0.25) is 0 Å². The molecule has 0 bridgehead atoms. The third kappa shape index (κ3) is 6.11. The van der Waals surface area contributed by atoms with Crippen molar-refractivity contribution in [2.75, 3.05) is 6.54 Å². The average Bonchev–Trinajstić information content (AvgIpc) is 2.40. The SMILES string of the molecule is CCCNC(CC)CCc1ccccc1OC(C)C. The van der Waals surface area contributed by atoms with Crippen LogP contribution < -0.4 is 10.1 Å². The van der Waals surface area contributed by atoms with Crippen molar-refractivity contribution in [1.82, 2.24) is 5.32 Å². The Morgan fingerprint density at radius 1 is 1.16 bits per heavy atom. The fourth-order valence-corrected chi connectivity index (χ4v) is 2.21. The normalized spacial score (nSPS) is 12.7. The molecule has 1 atom stereocenters. The van der Waals surface area contributed by atoms with Crippen LogP contribution in [0.1, 0.15) is 52.5 Å². The quantitative estimate of drug-likeness (QED) is 0.721. The van der Waals surface area contributed by atoms with Crippen molar-refractivity contribution in [3.8, 4) is 5.75 Å². The van der Waals surface area contributed by atoms with Gasteiger partial charge in [-0.1, -0.05) is 32.0 Å². The Labute approximate surface area is 118 Å². The lowest BCUT2D eigenvalue weighted by molar-refractivity contribution is 0.239. The van der Waals surface area contributed by atoms with Crippen LogP contribution in [-0.4, -0.2) is 18.7 Å². The van der Waals surface area contributed by atoms with Crippen LogP contribution in [0.3, 0.4) is 0 Å². The molecule has 1 rings (SSSR count). The summed E-state index contributed by atoms with van der Waals surface area (Å²) in [5, 5.41) is 3.61. The van der Waals surface area contributed by atoms with Crippen LogP contribution in [0.2, 0.25) is 0 Å². The minimum atomic E-state index is 0.237. The summed E-state index contributed by atoms with van der Waals surface area (Å²) in [6, 6.07) is 9.03. The summed E-state index contributed by atoms with van der Waals surface area (Å²) >= 11 is 0. The highest BCUT2D eigenvalue weighted by molar-refractivity contribution is 5.33. The van der Waals surface area contributed by atoms with E-state index < -0.39 is 0 Å². The van der Waals surface area contributed by atoms with Crippen LogP contribution in [-0.2, 0) is 6.42 Å². The minimum absolute atomic E-state index is 0.237. The first-order chi connectivity index (χ1) is 9.17. The molecular formula is C17H29NO. The van der Waals surface area contributed by atoms with E-state index in [1.54, 1.807) is 0 Å². The Balaban J connectivity index is 2.55. The summed E-state index contributed by atoms with van der Waals surface area (Å²) in [5.74, 6) is 1.04. The first kappa shape index (κ1) is 16.0. The maximum absolute atomic E-state index is 5.87. The van der Waals surface area contributed by atoms with E-state index in [0.29, 0.717) is 6.04 Å². The van der Waals surface area contributed by atoms with Crippen LogP contribution in [0, 0.1) is 0 Å². The van der Waals surface area contributed by atoms with E-state index in [-0.39, 0.29) is 6.10 Å². The second-order valence-electron chi connectivity index (χ2n) is 5.37. The highest BCUT2D eigenvalue weighted by Gasteiger charge is 2.09. The van der Waals surface area contributed by atoms with E-state index in [0.717, 1.165) is 18.7 Å². The molecular weight excluding hydrogens is 234 g/mol. The van der Waals surface area contributed by atoms with Gasteiger partial charge in [-0.25, -0.2) is 0 Å². The zero-order valence-corrected chi connectivity index (χ0v) is 12.9. The monoisotopic (exact) mass is 263 g/mol. The molecule has 0 aliphatic carbocycles. The predicted molar refractivity (Wildman–Crippen MR) is 82.9 cm³/mol. The number of benzene rings is 1. The van der Waals surface area contributed by atoms with Gasteiger partial charge in [-0.05, 0) is 57.7 Å².